The van der Waals surface area contributed by atoms with Gasteiger partial charge in [0.05, 0.1) is 19.1 Å². The number of carbonyl (C=O) groups is 1. The van der Waals surface area contributed by atoms with Crippen LogP contribution in [0.25, 0.3) is 0 Å². The zero-order valence-electron chi connectivity index (χ0n) is 10.4. The molecule has 1 aliphatic carbocycles. The van der Waals surface area contributed by atoms with E-state index in [1.54, 1.807) is 0 Å². The topological polar surface area (TPSA) is 51.5 Å². The van der Waals surface area contributed by atoms with Crippen LogP contribution in [-0.2, 0) is 16.1 Å². The van der Waals surface area contributed by atoms with Crippen LogP contribution in [0.15, 0.2) is 16.5 Å². The third kappa shape index (κ3) is 2.52. The van der Waals surface area contributed by atoms with Gasteiger partial charge in [0.25, 0.3) is 0 Å². The number of hydrogen-bond donors (Lipinski definition) is 1. The Balaban J connectivity index is 1.83. The fraction of sp³-hybridized carbons (Fsp3) is 0.615. The predicted octanol–water partition coefficient (Wildman–Crippen LogP) is 2.02. The highest BCUT2D eigenvalue weighted by Gasteiger charge is 2.44. The van der Waals surface area contributed by atoms with Gasteiger partial charge >= 0.3 is 5.97 Å². The standard InChI is InChI=1S/C13H19NO3/c1-10-4-5-11(17-10)8-14-9-13(6-3-7-13)12(15)16-2/h4-5,14H,3,6-9H2,1-2H3. The number of carbonyl (C=O) groups excluding carboxylic acids is 1. The van der Waals surface area contributed by atoms with Crippen molar-refractivity contribution in [3.05, 3.63) is 23.7 Å². The van der Waals surface area contributed by atoms with Gasteiger partial charge in [0, 0.05) is 6.54 Å². The van der Waals surface area contributed by atoms with Crippen molar-refractivity contribution in [2.45, 2.75) is 32.7 Å². The Bertz CT molecular complexity index is 393. The molecule has 17 heavy (non-hydrogen) atoms. The summed E-state index contributed by atoms with van der Waals surface area (Å²) in [6, 6.07) is 3.89. The largest absolute Gasteiger partial charge is 0.469 e. The number of ether oxygens (including phenoxy) is 1. The van der Waals surface area contributed by atoms with E-state index in [1.807, 2.05) is 19.1 Å². The molecule has 1 aliphatic rings. The summed E-state index contributed by atoms with van der Waals surface area (Å²) in [4.78, 5) is 11.7. The molecule has 94 valence electrons. The molecule has 2 rings (SSSR count). The first-order valence-corrected chi connectivity index (χ1v) is 6.01. The van der Waals surface area contributed by atoms with Gasteiger partial charge in [-0.05, 0) is 31.9 Å². The first-order valence-electron chi connectivity index (χ1n) is 6.01. The molecular formula is C13H19NO3. The second kappa shape index (κ2) is 4.92. The Labute approximate surface area is 101 Å². The van der Waals surface area contributed by atoms with Gasteiger partial charge in [0.15, 0.2) is 0 Å². The number of furan rings is 1. The van der Waals surface area contributed by atoms with Crippen LogP contribution in [0, 0.1) is 12.3 Å². The van der Waals surface area contributed by atoms with Crippen LogP contribution < -0.4 is 5.32 Å². The van der Waals surface area contributed by atoms with Crippen LogP contribution in [-0.4, -0.2) is 19.6 Å². The van der Waals surface area contributed by atoms with Gasteiger partial charge in [0.2, 0.25) is 0 Å². The number of hydrogen-bond acceptors (Lipinski definition) is 4. The van der Waals surface area contributed by atoms with Crippen LogP contribution in [0.1, 0.15) is 30.8 Å². The molecule has 1 fully saturated rings. The first-order chi connectivity index (χ1) is 8.16. The molecule has 1 aromatic heterocycles. The SMILES string of the molecule is COC(=O)C1(CNCc2ccc(C)o2)CCC1. The zero-order chi connectivity index (χ0) is 12.3. The van der Waals surface area contributed by atoms with E-state index < -0.39 is 0 Å². The molecule has 1 heterocycles. The van der Waals surface area contributed by atoms with E-state index >= 15 is 0 Å². The zero-order valence-corrected chi connectivity index (χ0v) is 10.4. The summed E-state index contributed by atoms with van der Waals surface area (Å²) in [5.74, 6) is 1.72. The van der Waals surface area contributed by atoms with Crippen molar-refractivity contribution in [2.75, 3.05) is 13.7 Å². The third-order valence-electron chi connectivity index (χ3n) is 3.49. The summed E-state index contributed by atoms with van der Waals surface area (Å²) in [6.45, 7) is 3.25. The highest BCUT2D eigenvalue weighted by Crippen LogP contribution is 2.41. The van der Waals surface area contributed by atoms with E-state index in [2.05, 4.69) is 5.32 Å². The second-order valence-corrected chi connectivity index (χ2v) is 4.74. The average molecular weight is 237 g/mol. The number of rotatable bonds is 5. The van der Waals surface area contributed by atoms with Gasteiger partial charge in [-0.15, -0.1) is 0 Å². The van der Waals surface area contributed by atoms with E-state index in [9.17, 15) is 4.79 Å². The molecule has 0 spiro atoms. The fourth-order valence-electron chi connectivity index (χ4n) is 2.28. The van der Waals surface area contributed by atoms with E-state index in [0.29, 0.717) is 13.1 Å². The van der Waals surface area contributed by atoms with E-state index in [-0.39, 0.29) is 11.4 Å². The normalized spacial score (nSPS) is 17.5. The van der Waals surface area contributed by atoms with Crippen molar-refractivity contribution in [1.82, 2.24) is 5.32 Å². The molecule has 0 bridgehead atoms. The molecule has 0 aliphatic heterocycles. The molecule has 4 nitrogen and oxygen atoms in total. The molecule has 1 saturated carbocycles. The van der Waals surface area contributed by atoms with E-state index in [4.69, 9.17) is 9.15 Å². The fourth-order valence-corrected chi connectivity index (χ4v) is 2.28. The van der Waals surface area contributed by atoms with Gasteiger partial charge in [-0.25, -0.2) is 0 Å². The minimum Gasteiger partial charge on any atom is -0.469 e. The van der Waals surface area contributed by atoms with Gasteiger partial charge in [-0.1, -0.05) is 6.42 Å². The van der Waals surface area contributed by atoms with Crippen molar-refractivity contribution in [1.29, 1.82) is 0 Å². The van der Waals surface area contributed by atoms with Gasteiger partial charge in [-0.2, -0.15) is 0 Å². The summed E-state index contributed by atoms with van der Waals surface area (Å²) in [5.41, 5.74) is -0.295. The molecule has 4 heteroatoms. The summed E-state index contributed by atoms with van der Waals surface area (Å²) in [5, 5.41) is 3.28. The lowest BCUT2D eigenvalue weighted by molar-refractivity contribution is -0.158. The molecule has 1 aromatic rings. The maximum atomic E-state index is 11.7. The smallest absolute Gasteiger partial charge is 0.313 e. The molecule has 1 N–H and O–H groups in total. The summed E-state index contributed by atoms with van der Waals surface area (Å²) in [7, 11) is 1.46. The summed E-state index contributed by atoms with van der Waals surface area (Å²) in [6.07, 6.45) is 2.95. The summed E-state index contributed by atoms with van der Waals surface area (Å²) >= 11 is 0. The molecule has 0 radical (unpaired) electrons. The molecule has 0 aromatic carbocycles. The number of esters is 1. The lowest BCUT2D eigenvalue weighted by atomic mass is 9.68. The minimum atomic E-state index is -0.295. The Hall–Kier alpha value is -1.29. The highest BCUT2D eigenvalue weighted by molar-refractivity contribution is 5.78. The van der Waals surface area contributed by atoms with Crippen LogP contribution in [0.5, 0.6) is 0 Å². The monoisotopic (exact) mass is 237 g/mol. The molecular weight excluding hydrogens is 218 g/mol. The Kier molecular flexibility index (Phi) is 3.52. The van der Waals surface area contributed by atoms with Gasteiger partial charge < -0.3 is 14.5 Å². The van der Waals surface area contributed by atoms with Crippen molar-refractivity contribution < 1.29 is 13.9 Å². The molecule has 0 unspecified atom stereocenters. The van der Waals surface area contributed by atoms with Crippen molar-refractivity contribution in [3.8, 4) is 0 Å². The van der Waals surface area contributed by atoms with E-state index in [1.165, 1.54) is 7.11 Å². The molecule has 0 saturated heterocycles. The van der Waals surface area contributed by atoms with Crippen LogP contribution in [0.2, 0.25) is 0 Å². The van der Waals surface area contributed by atoms with Crippen LogP contribution in [0.3, 0.4) is 0 Å². The third-order valence-corrected chi connectivity index (χ3v) is 3.49. The maximum absolute atomic E-state index is 11.7. The minimum absolute atomic E-state index is 0.0909. The quantitative estimate of drug-likeness (QED) is 0.796. The molecule has 0 atom stereocenters. The van der Waals surface area contributed by atoms with E-state index in [0.717, 1.165) is 30.8 Å². The van der Waals surface area contributed by atoms with Gasteiger partial charge in [-0.3, -0.25) is 4.79 Å². The Morgan fingerprint density at radius 1 is 1.53 bits per heavy atom. The molecule has 0 amide bonds. The highest BCUT2D eigenvalue weighted by atomic mass is 16.5. The van der Waals surface area contributed by atoms with Crippen LogP contribution >= 0.6 is 0 Å². The average Bonchev–Trinajstić information content (AvgIpc) is 2.67. The van der Waals surface area contributed by atoms with Crippen molar-refractivity contribution in [2.24, 2.45) is 5.41 Å². The first kappa shape index (κ1) is 12.2. The summed E-state index contributed by atoms with van der Waals surface area (Å²) < 4.78 is 10.3. The van der Waals surface area contributed by atoms with Crippen molar-refractivity contribution in [3.63, 3.8) is 0 Å². The second-order valence-electron chi connectivity index (χ2n) is 4.74. The lowest BCUT2D eigenvalue weighted by Gasteiger charge is -2.38. The maximum Gasteiger partial charge on any atom is 0.313 e. The Morgan fingerprint density at radius 2 is 2.29 bits per heavy atom. The lowest BCUT2D eigenvalue weighted by Crippen LogP contribution is -2.46. The predicted molar refractivity (Wildman–Crippen MR) is 63.5 cm³/mol. The van der Waals surface area contributed by atoms with Crippen LogP contribution in [0.4, 0.5) is 0 Å². The van der Waals surface area contributed by atoms with Crippen molar-refractivity contribution >= 4 is 5.97 Å². The van der Waals surface area contributed by atoms with Gasteiger partial charge in [0.1, 0.15) is 11.5 Å². The Morgan fingerprint density at radius 3 is 2.76 bits per heavy atom. The number of methoxy groups -OCH3 is 1. The number of nitrogens with one attached hydrogen (secondary N) is 1. The number of aryl methyl sites for hydroxylation is 1.